The molecule has 1 aliphatic carbocycles. The Morgan fingerprint density at radius 3 is 2.58 bits per heavy atom. The lowest BCUT2D eigenvalue weighted by molar-refractivity contribution is 0.266. The molecule has 0 radical (unpaired) electrons. The van der Waals surface area contributed by atoms with Gasteiger partial charge in [-0.25, -0.2) is 18.1 Å². The van der Waals surface area contributed by atoms with Crippen LogP contribution in [0, 0.1) is 0 Å². The van der Waals surface area contributed by atoms with Crippen molar-refractivity contribution < 1.29 is 12.8 Å². The SMILES string of the molecule is CC1(NS(=O)(=O)c2ccc3nc(Cl)n(Cc4cnn(CCO[Si](C)(C)C(C)(C)C)c4)c(=O)c3c2)CC1. The second kappa shape index (κ2) is 9.36. The molecule has 0 spiro atoms. The molecule has 1 N–H and O–H groups in total. The smallest absolute Gasteiger partial charge is 0.262 e. The number of aromatic nitrogens is 4. The van der Waals surface area contributed by atoms with Crippen LogP contribution in [0.3, 0.4) is 0 Å². The van der Waals surface area contributed by atoms with E-state index in [4.69, 9.17) is 16.0 Å². The van der Waals surface area contributed by atoms with Crippen molar-refractivity contribution in [3.05, 3.63) is 51.8 Å². The van der Waals surface area contributed by atoms with E-state index in [1.54, 1.807) is 10.9 Å². The zero-order valence-corrected chi connectivity index (χ0v) is 24.2. The summed E-state index contributed by atoms with van der Waals surface area (Å²) in [7, 11) is -5.59. The van der Waals surface area contributed by atoms with Crippen LogP contribution in [0.15, 0.2) is 40.3 Å². The maximum atomic E-state index is 13.3. The zero-order valence-electron chi connectivity index (χ0n) is 21.6. The summed E-state index contributed by atoms with van der Waals surface area (Å²) in [5, 5.41) is 4.74. The van der Waals surface area contributed by atoms with E-state index < -0.39 is 29.4 Å². The Morgan fingerprint density at radius 2 is 1.94 bits per heavy atom. The summed E-state index contributed by atoms with van der Waals surface area (Å²) >= 11 is 6.35. The summed E-state index contributed by atoms with van der Waals surface area (Å²) in [4.78, 5) is 17.6. The molecule has 196 valence electrons. The maximum absolute atomic E-state index is 13.3. The third kappa shape index (κ3) is 5.75. The molecule has 0 aliphatic heterocycles. The zero-order chi connectivity index (χ0) is 26.5. The number of halogens is 1. The van der Waals surface area contributed by atoms with Crippen molar-refractivity contribution in [2.45, 2.75) is 82.2 Å². The van der Waals surface area contributed by atoms with Gasteiger partial charge in [0.25, 0.3) is 5.56 Å². The third-order valence-electron chi connectivity index (χ3n) is 7.19. The number of sulfonamides is 1. The van der Waals surface area contributed by atoms with Gasteiger partial charge in [-0.2, -0.15) is 5.10 Å². The standard InChI is InChI=1S/C24H34ClN5O4SSi/c1-23(2,3)36(5,6)34-12-11-29-15-17(14-26-29)16-30-21(31)19-13-18(7-8-20(19)27-22(30)25)35(32,33)28-24(4)9-10-24/h7-8,13-15,28H,9-12,16H2,1-6H3. The highest BCUT2D eigenvalue weighted by atomic mass is 35.5. The molecule has 0 unspecified atom stereocenters. The molecule has 0 bridgehead atoms. The highest BCUT2D eigenvalue weighted by molar-refractivity contribution is 7.89. The van der Waals surface area contributed by atoms with Gasteiger partial charge in [0.15, 0.2) is 8.32 Å². The van der Waals surface area contributed by atoms with Crippen LogP contribution in [-0.4, -0.2) is 48.2 Å². The maximum Gasteiger partial charge on any atom is 0.262 e. The van der Waals surface area contributed by atoms with Crippen LogP contribution in [0.4, 0.5) is 0 Å². The van der Waals surface area contributed by atoms with Crippen molar-refractivity contribution in [2.75, 3.05) is 6.61 Å². The molecule has 0 saturated heterocycles. The first-order chi connectivity index (χ1) is 16.6. The van der Waals surface area contributed by atoms with Gasteiger partial charge in [-0.15, -0.1) is 0 Å². The van der Waals surface area contributed by atoms with Gasteiger partial charge < -0.3 is 4.43 Å². The van der Waals surface area contributed by atoms with Crippen molar-refractivity contribution in [1.82, 2.24) is 24.1 Å². The number of fused-ring (bicyclic) bond motifs is 1. The fourth-order valence-electron chi connectivity index (χ4n) is 3.55. The molecule has 2 aromatic heterocycles. The van der Waals surface area contributed by atoms with Gasteiger partial charge in [-0.3, -0.25) is 14.0 Å². The minimum atomic E-state index is -3.75. The molecule has 0 atom stereocenters. The number of rotatable bonds is 9. The predicted molar refractivity (Wildman–Crippen MR) is 143 cm³/mol. The van der Waals surface area contributed by atoms with Gasteiger partial charge in [-0.1, -0.05) is 20.8 Å². The summed E-state index contributed by atoms with van der Waals surface area (Å²) in [6.45, 7) is 14.2. The summed E-state index contributed by atoms with van der Waals surface area (Å²) in [5.41, 5.74) is 0.298. The highest BCUT2D eigenvalue weighted by Gasteiger charge is 2.41. The first-order valence-electron chi connectivity index (χ1n) is 12.0. The lowest BCUT2D eigenvalue weighted by Crippen LogP contribution is -2.41. The average Bonchev–Trinajstić information content (AvgIpc) is 3.30. The van der Waals surface area contributed by atoms with Crippen LogP contribution in [0.2, 0.25) is 23.4 Å². The molecule has 3 aromatic rings. The quantitative estimate of drug-likeness (QED) is 0.316. The lowest BCUT2D eigenvalue weighted by Gasteiger charge is -2.36. The van der Waals surface area contributed by atoms with Crippen LogP contribution in [0.25, 0.3) is 10.9 Å². The predicted octanol–water partition coefficient (Wildman–Crippen LogP) is 4.15. The van der Waals surface area contributed by atoms with Crippen LogP contribution in [0.5, 0.6) is 0 Å². The molecular formula is C24H34ClN5O4SSi. The number of nitrogens with zero attached hydrogens (tertiary/aromatic N) is 4. The largest absolute Gasteiger partial charge is 0.415 e. The second-order valence-electron chi connectivity index (χ2n) is 11.3. The lowest BCUT2D eigenvalue weighted by atomic mass is 10.2. The van der Waals surface area contributed by atoms with Crippen LogP contribution >= 0.6 is 11.6 Å². The molecular weight excluding hydrogens is 518 g/mol. The van der Waals surface area contributed by atoms with Gasteiger partial charge >= 0.3 is 0 Å². The molecule has 1 saturated carbocycles. The van der Waals surface area contributed by atoms with Crippen molar-refractivity contribution >= 4 is 40.8 Å². The Labute approximate surface area is 218 Å². The molecule has 1 fully saturated rings. The normalized spacial score (nSPS) is 16.0. The summed E-state index contributed by atoms with van der Waals surface area (Å²) in [6.07, 6.45) is 5.11. The van der Waals surface area contributed by atoms with Gasteiger partial charge in [0.1, 0.15) is 0 Å². The molecule has 4 rings (SSSR count). The first kappa shape index (κ1) is 27.0. The Bertz CT molecular complexity index is 1460. The van der Waals surface area contributed by atoms with E-state index in [9.17, 15) is 13.2 Å². The molecule has 1 aliphatic rings. The third-order valence-corrected chi connectivity index (χ3v) is 13.6. The van der Waals surface area contributed by atoms with Gasteiger partial charge in [0.2, 0.25) is 15.3 Å². The van der Waals surface area contributed by atoms with E-state index in [0.717, 1.165) is 18.4 Å². The van der Waals surface area contributed by atoms with Crippen molar-refractivity contribution in [2.24, 2.45) is 0 Å². The summed E-state index contributed by atoms with van der Waals surface area (Å²) in [6, 6.07) is 4.32. The van der Waals surface area contributed by atoms with Gasteiger partial charge in [0.05, 0.1) is 41.7 Å². The van der Waals surface area contributed by atoms with Crippen molar-refractivity contribution in [1.29, 1.82) is 0 Å². The number of hydrogen-bond acceptors (Lipinski definition) is 6. The van der Waals surface area contributed by atoms with E-state index in [-0.39, 0.29) is 27.1 Å². The van der Waals surface area contributed by atoms with E-state index in [1.165, 1.54) is 22.8 Å². The average molecular weight is 552 g/mol. The molecule has 12 heteroatoms. The fourth-order valence-corrected chi connectivity index (χ4v) is 6.31. The first-order valence-corrected chi connectivity index (χ1v) is 16.8. The summed E-state index contributed by atoms with van der Waals surface area (Å²) < 4.78 is 37.6. The molecule has 36 heavy (non-hydrogen) atoms. The van der Waals surface area contributed by atoms with Crippen LogP contribution in [-0.2, 0) is 27.5 Å². The molecule has 1 aromatic carbocycles. The molecule has 9 nitrogen and oxygen atoms in total. The summed E-state index contributed by atoms with van der Waals surface area (Å²) in [5.74, 6) is 0. The Morgan fingerprint density at radius 1 is 1.25 bits per heavy atom. The van der Waals surface area contributed by atoms with Gasteiger partial charge in [-0.05, 0) is 67.7 Å². The second-order valence-corrected chi connectivity index (χ2v) is 18.2. The van der Waals surface area contributed by atoms with Crippen LogP contribution in [0.1, 0.15) is 46.1 Å². The fraction of sp³-hybridized carbons (Fsp3) is 0.542. The van der Waals surface area contributed by atoms with E-state index in [2.05, 4.69) is 48.7 Å². The van der Waals surface area contributed by atoms with Crippen molar-refractivity contribution in [3.8, 4) is 0 Å². The van der Waals surface area contributed by atoms with Gasteiger partial charge in [0, 0.05) is 17.3 Å². The van der Waals surface area contributed by atoms with E-state index >= 15 is 0 Å². The monoisotopic (exact) mass is 551 g/mol. The number of benzene rings is 1. The van der Waals surface area contributed by atoms with E-state index in [0.29, 0.717) is 18.7 Å². The Balaban J connectivity index is 1.53. The number of hydrogen-bond donors (Lipinski definition) is 1. The van der Waals surface area contributed by atoms with Crippen LogP contribution < -0.4 is 10.3 Å². The van der Waals surface area contributed by atoms with Crippen molar-refractivity contribution in [3.63, 3.8) is 0 Å². The minimum Gasteiger partial charge on any atom is -0.415 e. The molecule has 2 heterocycles. The Kier molecular flexibility index (Phi) is 7.02. The Hall–Kier alpha value is -2.05. The number of nitrogens with one attached hydrogen (secondary N) is 1. The highest BCUT2D eigenvalue weighted by Crippen LogP contribution is 2.37. The minimum absolute atomic E-state index is 0.0285. The molecule has 0 amide bonds. The van der Waals surface area contributed by atoms with E-state index in [1.807, 2.05) is 13.1 Å². The topological polar surface area (TPSA) is 108 Å².